The van der Waals surface area contributed by atoms with Gasteiger partial charge in [0.25, 0.3) is 0 Å². The monoisotopic (exact) mass is 403 g/mol. The number of nitrogens with one attached hydrogen (secondary N) is 2. The van der Waals surface area contributed by atoms with E-state index >= 15 is 0 Å². The van der Waals surface area contributed by atoms with Crippen molar-refractivity contribution in [3.8, 4) is 0 Å². The first-order valence-electron chi connectivity index (χ1n) is 9.10. The van der Waals surface area contributed by atoms with Gasteiger partial charge in [0.1, 0.15) is 16.9 Å². The Morgan fingerprint density at radius 3 is 2.61 bits per heavy atom. The molecule has 28 heavy (non-hydrogen) atoms. The number of H-pyrrole nitrogens is 1. The number of rotatable bonds is 7. The molecule has 1 unspecified atom stereocenters. The fourth-order valence-electron chi connectivity index (χ4n) is 2.82. The number of fused-ring (bicyclic) bond motifs is 1. The molecular formula is C20H22FN3O3S. The van der Waals surface area contributed by atoms with Crippen molar-refractivity contribution in [2.24, 2.45) is 0 Å². The highest BCUT2D eigenvalue weighted by Crippen LogP contribution is 2.21. The molecule has 1 aromatic heterocycles. The molecule has 3 rings (SSSR count). The fraction of sp³-hybridized carbons (Fsp3) is 0.300. The number of hydrogen-bond acceptors (Lipinski definition) is 4. The third kappa shape index (κ3) is 4.22. The van der Waals surface area contributed by atoms with Crippen LogP contribution in [0.3, 0.4) is 0 Å². The normalized spacial score (nSPS) is 12.8. The SMILES string of the molecule is CCCCc1nc2ccc(NC(=O)C(C)S(=O)(=O)c3ccc(F)cc3)cc2[nH]1. The van der Waals surface area contributed by atoms with Gasteiger partial charge in [-0.15, -0.1) is 0 Å². The summed E-state index contributed by atoms with van der Waals surface area (Å²) in [7, 11) is -3.92. The fourth-order valence-corrected chi connectivity index (χ4v) is 4.08. The molecule has 0 aliphatic rings. The second kappa shape index (κ2) is 8.10. The van der Waals surface area contributed by atoms with E-state index in [2.05, 4.69) is 22.2 Å². The molecule has 0 radical (unpaired) electrons. The smallest absolute Gasteiger partial charge is 0.242 e. The second-order valence-electron chi connectivity index (χ2n) is 6.65. The lowest BCUT2D eigenvalue weighted by Crippen LogP contribution is -2.32. The van der Waals surface area contributed by atoms with Gasteiger partial charge in [0.15, 0.2) is 9.84 Å². The summed E-state index contributed by atoms with van der Waals surface area (Å²) in [6.07, 6.45) is 2.95. The van der Waals surface area contributed by atoms with Gasteiger partial charge in [-0.3, -0.25) is 4.79 Å². The minimum Gasteiger partial charge on any atom is -0.342 e. The molecule has 1 atom stereocenters. The minimum absolute atomic E-state index is 0.0962. The van der Waals surface area contributed by atoms with Crippen LogP contribution in [0, 0.1) is 5.82 Å². The standard InChI is InChI=1S/C20H22FN3O3S/c1-3-4-5-19-23-17-11-8-15(12-18(17)24-19)22-20(25)13(2)28(26,27)16-9-6-14(21)7-10-16/h6-13H,3-5H2,1-2H3,(H,22,25)(H,23,24). The third-order valence-electron chi connectivity index (χ3n) is 4.54. The minimum atomic E-state index is -3.92. The Labute approximate surface area is 163 Å². The van der Waals surface area contributed by atoms with Gasteiger partial charge in [-0.2, -0.15) is 0 Å². The Morgan fingerprint density at radius 2 is 1.93 bits per heavy atom. The van der Waals surface area contributed by atoms with Crippen molar-refractivity contribution in [3.63, 3.8) is 0 Å². The molecule has 148 valence electrons. The van der Waals surface area contributed by atoms with Gasteiger partial charge < -0.3 is 10.3 Å². The summed E-state index contributed by atoms with van der Waals surface area (Å²) in [6, 6.07) is 9.61. The number of carbonyl (C=O) groups is 1. The Bertz CT molecular complexity index is 1090. The van der Waals surface area contributed by atoms with Crippen LogP contribution < -0.4 is 5.32 Å². The van der Waals surface area contributed by atoms with Crippen LogP contribution in [0.5, 0.6) is 0 Å². The zero-order chi connectivity index (χ0) is 20.3. The number of amides is 1. The van der Waals surface area contributed by atoms with Crippen LogP contribution in [0.2, 0.25) is 0 Å². The van der Waals surface area contributed by atoms with Crippen LogP contribution in [0.4, 0.5) is 10.1 Å². The molecule has 0 aliphatic heterocycles. The van der Waals surface area contributed by atoms with Gasteiger partial charge in [0.2, 0.25) is 5.91 Å². The highest BCUT2D eigenvalue weighted by Gasteiger charge is 2.30. The topological polar surface area (TPSA) is 91.9 Å². The predicted octanol–water partition coefficient (Wildman–Crippen LogP) is 3.85. The molecule has 2 aromatic carbocycles. The molecule has 0 spiro atoms. The van der Waals surface area contributed by atoms with Crippen molar-refractivity contribution in [3.05, 3.63) is 54.1 Å². The number of halogens is 1. The number of aromatic nitrogens is 2. The maximum absolute atomic E-state index is 13.0. The van der Waals surface area contributed by atoms with Crippen molar-refractivity contribution in [1.82, 2.24) is 9.97 Å². The van der Waals surface area contributed by atoms with Crippen LogP contribution in [-0.2, 0) is 21.1 Å². The number of imidazole rings is 1. The molecule has 0 fully saturated rings. The van der Waals surface area contributed by atoms with E-state index in [0.29, 0.717) is 5.69 Å². The summed E-state index contributed by atoms with van der Waals surface area (Å²) < 4.78 is 38.2. The van der Waals surface area contributed by atoms with Crippen LogP contribution in [0.15, 0.2) is 47.4 Å². The third-order valence-corrected chi connectivity index (χ3v) is 6.62. The van der Waals surface area contributed by atoms with Crippen LogP contribution in [0.1, 0.15) is 32.5 Å². The van der Waals surface area contributed by atoms with E-state index in [-0.39, 0.29) is 4.90 Å². The first-order chi connectivity index (χ1) is 13.3. The summed E-state index contributed by atoms with van der Waals surface area (Å²) in [5, 5.41) is 1.31. The predicted molar refractivity (Wildman–Crippen MR) is 106 cm³/mol. The number of benzene rings is 2. The van der Waals surface area contributed by atoms with Crippen molar-refractivity contribution in [2.75, 3.05) is 5.32 Å². The summed E-state index contributed by atoms with van der Waals surface area (Å²) in [6.45, 7) is 3.42. The van der Waals surface area contributed by atoms with Crippen molar-refractivity contribution < 1.29 is 17.6 Å². The molecule has 0 saturated carbocycles. The summed E-state index contributed by atoms with van der Waals surface area (Å²) in [5.41, 5.74) is 2.04. The molecule has 2 N–H and O–H groups in total. The average molecular weight is 403 g/mol. The summed E-state index contributed by atoms with van der Waals surface area (Å²) >= 11 is 0. The number of unbranched alkanes of at least 4 members (excludes halogenated alkanes) is 1. The molecule has 3 aromatic rings. The molecule has 6 nitrogen and oxygen atoms in total. The van der Waals surface area contributed by atoms with Crippen LogP contribution >= 0.6 is 0 Å². The molecule has 0 saturated heterocycles. The molecule has 8 heteroatoms. The van der Waals surface area contributed by atoms with E-state index in [1.807, 2.05) is 0 Å². The Kier molecular flexibility index (Phi) is 5.79. The molecular weight excluding hydrogens is 381 g/mol. The van der Waals surface area contributed by atoms with E-state index < -0.39 is 26.8 Å². The average Bonchev–Trinajstić information content (AvgIpc) is 3.08. The summed E-state index contributed by atoms with van der Waals surface area (Å²) in [4.78, 5) is 20.1. The number of nitrogens with zero attached hydrogens (tertiary/aromatic N) is 1. The van der Waals surface area contributed by atoms with E-state index in [4.69, 9.17) is 0 Å². The number of hydrogen-bond donors (Lipinski definition) is 2. The highest BCUT2D eigenvalue weighted by molar-refractivity contribution is 7.92. The second-order valence-corrected chi connectivity index (χ2v) is 8.92. The largest absolute Gasteiger partial charge is 0.342 e. The van der Waals surface area contributed by atoms with Gasteiger partial charge in [0, 0.05) is 12.1 Å². The van der Waals surface area contributed by atoms with Crippen molar-refractivity contribution in [1.29, 1.82) is 0 Å². The van der Waals surface area contributed by atoms with Gasteiger partial charge in [-0.25, -0.2) is 17.8 Å². The van der Waals surface area contributed by atoms with Gasteiger partial charge in [-0.1, -0.05) is 13.3 Å². The molecule has 0 aliphatic carbocycles. The van der Waals surface area contributed by atoms with E-state index in [0.717, 1.165) is 60.4 Å². The summed E-state index contributed by atoms with van der Waals surface area (Å²) in [5.74, 6) is -0.316. The lowest BCUT2D eigenvalue weighted by atomic mass is 10.2. The molecule has 1 amide bonds. The van der Waals surface area contributed by atoms with Gasteiger partial charge in [0.05, 0.1) is 15.9 Å². The number of carbonyl (C=O) groups excluding carboxylic acids is 1. The zero-order valence-electron chi connectivity index (χ0n) is 15.7. The number of aryl methyl sites for hydroxylation is 1. The molecule has 1 heterocycles. The quantitative estimate of drug-likeness (QED) is 0.586. The number of aromatic amines is 1. The molecule has 0 bridgehead atoms. The van der Waals surface area contributed by atoms with Crippen LogP contribution in [0.25, 0.3) is 11.0 Å². The number of sulfone groups is 1. The van der Waals surface area contributed by atoms with Gasteiger partial charge >= 0.3 is 0 Å². The van der Waals surface area contributed by atoms with E-state index in [1.54, 1.807) is 18.2 Å². The first kappa shape index (κ1) is 20.0. The van der Waals surface area contributed by atoms with Crippen molar-refractivity contribution >= 4 is 32.5 Å². The lowest BCUT2D eigenvalue weighted by molar-refractivity contribution is -0.115. The highest BCUT2D eigenvalue weighted by atomic mass is 32.2. The van der Waals surface area contributed by atoms with E-state index in [1.165, 1.54) is 6.92 Å². The van der Waals surface area contributed by atoms with Crippen molar-refractivity contribution in [2.45, 2.75) is 43.3 Å². The maximum atomic E-state index is 13.0. The Balaban J connectivity index is 1.76. The Hall–Kier alpha value is -2.74. The zero-order valence-corrected chi connectivity index (χ0v) is 16.5. The lowest BCUT2D eigenvalue weighted by Gasteiger charge is -2.13. The number of anilines is 1. The first-order valence-corrected chi connectivity index (χ1v) is 10.6. The Morgan fingerprint density at radius 1 is 1.21 bits per heavy atom. The maximum Gasteiger partial charge on any atom is 0.242 e. The van der Waals surface area contributed by atoms with E-state index in [9.17, 15) is 17.6 Å². The van der Waals surface area contributed by atoms with Gasteiger partial charge in [-0.05, 0) is 55.8 Å². The van der Waals surface area contributed by atoms with Crippen LogP contribution in [-0.4, -0.2) is 29.5 Å².